The minimum atomic E-state index is -0.505. The van der Waals surface area contributed by atoms with Gasteiger partial charge in [0.25, 0.3) is 5.91 Å². The number of aryl methyl sites for hydroxylation is 2. The Kier molecular flexibility index (Phi) is 7.82. The van der Waals surface area contributed by atoms with E-state index >= 15 is 0 Å². The van der Waals surface area contributed by atoms with Crippen LogP contribution in [0.3, 0.4) is 0 Å². The molecule has 1 amide bonds. The van der Waals surface area contributed by atoms with E-state index < -0.39 is 5.91 Å². The second-order valence-electron chi connectivity index (χ2n) is 6.13. The summed E-state index contributed by atoms with van der Waals surface area (Å²) in [6.07, 6.45) is 1.47. The van der Waals surface area contributed by atoms with Crippen molar-refractivity contribution >= 4 is 33.6 Å². The van der Waals surface area contributed by atoms with Crippen molar-refractivity contribution in [2.45, 2.75) is 20.8 Å². The fourth-order valence-electron chi connectivity index (χ4n) is 2.51. The first-order valence-corrected chi connectivity index (χ1v) is 9.65. The van der Waals surface area contributed by atoms with Gasteiger partial charge in [0, 0.05) is 5.69 Å². The van der Waals surface area contributed by atoms with Gasteiger partial charge < -0.3 is 14.8 Å². The Labute approximate surface area is 178 Å². The molecule has 1 N–H and O–H groups in total. The summed E-state index contributed by atoms with van der Waals surface area (Å²) in [5.74, 6) is 0.300. The largest absolute Gasteiger partial charge is 0.490 e. The highest BCUT2D eigenvalue weighted by atomic mass is 79.9. The van der Waals surface area contributed by atoms with E-state index in [1.54, 1.807) is 18.2 Å². The summed E-state index contributed by atoms with van der Waals surface area (Å²) in [7, 11) is 0. The van der Waals surface area contributed by atoms with E-state index in [0.717, 1.165) is 11.1 Å². The lowest BCUT2D eigenvalue weighted by atomic mass is 10.1. The lowest BCUT2D eigenvalue weighted by Crippen LogP contribution is -2.13. The Morgan fingerprint density at radius 3 is 2.55 bits per heavy atom. The molecule has 0 atom stereocenters. The Hall–Kier alpha value is -3.29. The zero-order valence-electron chi connectivity index (χ0n) is 16.4. The molecule has 2 rings (SSSR count). The van der Waals surface area contributed by atoms with Gasteiger partial charge in [0.1, 0.15) is 17.7 Å². The molecule has 0 heterocycles. The van der Waals surface area contributed by atoms with Crippen LogP contribution >= 0.6 is 15.9 Å². The summed E-state index contributed by atoms with van der Waals surface area (Å²) in [5.41, 5.74) is 3.31. The van der Waals surface area contributed by atoms with E-state index in [1.807, 2.05) is 45.0 Å². The number of benzene rings is 2. The smallest absolute Gasteiger partial charge is 0.266 e. The first-order chi connectivity index (χ1) is 13.9. The van der Waals surface area contributed by atoms with Crippen molar-refractivity contribution in [3.05, 3.63) is 57.1 Å². The third kappa shape index (κ3) is 5.84. The van der Waals surface area contributed by atoms with Crippen molar-refractivity contribution in [3.8, 4) is 23.6 Å². The molecule has 2 aromatic carbocycles. The van der Waals surface area contributed by atoms with Crippen LogP contribution in [0.1, 0.15) is 23.6 Å². The summed E-state index contributed by atoms with van der Waals surface area (Å²) in [6.45, 7) is 6.02. The maximum Gasteiger partial charge on any atom is 0.266 e. The molecule has 7 heteroatoms. The number of carbonyl (C=O) groups excluding carboxylic acids is 1. The fourth-order valence-corrected chi connectivity index (χ4v) is 3.09. The third-order valence-electron chi connectivity index (χ3n) is 4.05. The number of carbonyl (C=O) groups is 1. The van der Waals surface area contributed by atoms with Gasteiger partial charge in [-0.25, -0.2) is 0 Å². The molecule has 0 radical (unpaired) electrons. The van der Waals surface area contributed by atoms with Crippen LogP contribution in [-0.4, -0.2) is 19.1 Å². The molecule has 0 spiro atoms. The zero-order chi connectivity index (χ0) is 21.4. The zero-order valence-corrected chi connectivity index (χ0v) is 18.0. The molecular formula is C22H20BrN3O3. The third-order valence-corrected chi connectivity index (χ3v) is 4.64. The summed E-state index contributed by atoms with van der Waals surface area (Å²) < 4.78 is 11.5. The van der Waals surface area contributed by atoms with Crippen molar-refractivity contribution in [2.75, 3.05) is 18.5 Å². The van der Waals surface area contributed by atoms with Crippen LogP contribution in [0.15, 0.2) is 40.4 Å². The van der Waals surface area contributed by atoms with Gasteiger partial charge >= 0.3 is 0 Å². The monoisotopic (exact) mass is 453 g/mol. The minimum Gasteiger partial charge on any atom is -0.490 e. The van der Waals surface area contributed by atoms with Crippen LogP contribution < -0.4 is 14.8 Å². The average Bonchev–Trinajstić information content (AvgIpc) is 2.68. The maximum absolute atomic E-state index is 12.5. The normalized spacial score (nSPS) is 10.6. The number of halogens is 1. The molecule has 0 aliphatic rings. The second kappa shape index (κ2) is 10.3. The number of amides is 1. The molecule has 6 nitrogen and oxygen atoms in total. The molecule has 0 fully saturated rings. The summed E-state index contributed by atoms with van der Waals surface area (Å²) in [6, 6.07) is 12.7. The highest BCUT2D eigenvalue weighted by Gasteiger charge is 2.14. The molecular weight excluding hydrogens is 434 g/mol. The summed E-state index contributed by atoms with van der Waals surface area (Å²) >= 11 is 3.39. The van der Waals surface area contributed by atoms with E-state index in [4.69, 9.17) is 14.7 Å². The molecule has 0 unspecified atom stereocenters. The number of nitriles is 2. The SMILES string of the molecule is CCOc1cc(/C=C(\C#N)C(=O)Nc2ccc(C)c(C)c2)cc(Br)c1OCC#N. The van der Waals surface area contributed by atoms with Crippen LogP contribution in [0, 0.1) is 36.5 Å². The molecule has 2 aromatic rings. The highest BCUT2D eigenvalue weighted by molar-refractivity contribution is 9.10. The van der Waals surface area contributed by atoms with E-state index in [-0.39, 0.29) is 12.2 Å². The number of ether oxygens (including phenoxy) is 2. The van der Waals surface area contributed by atoms with Gasteiger partial charge in [0.2, 0.25) is 0 Å². The molecule has 0 aliphatic carbocycles. The van der Waals surface area contributed by atoms with Gasteiger partial charge in [-0.15, -0.1) is 0 Å². The number of nitrogens with zero attached hydrogens (tertiary/aromatic N) is 2. The minimum absolute atomic E-state index is 0.0525. The van der Waals surface area contributed by atoms with Crippen molar-refractivity contribution in [2.24, 2.45) is 0 Å². The summed E-state index contributed by atoms with van der Waals surface area (Å²) in [4.78, 5) is 12.5. The molecule has 0 saturated heterocycles. The lowest BCUT2D eigenvalue weighted by Gasteiger charge is -2.13. The maximum atomic E-state index is 12.5. The molecule has 0 aromatic heterocycles. The Balaban J connectivity index is 2.33. The van der Waals surface area contributed by atoms with Crippen LogP contribution in [0.2, 0.25) is 0 Å². The van der Waals surface area contributed by atoms with Gasteiger partial charge in [-0.3, -0.25) is 4.79 Å². The number of hydrogen-bond donors (Lipinski definition) is 1. The Morgan fingerprint density at radius 1 is 1.17 bits per heavy atom. The Bertz CT molecular complexity index is 1030. The number of anilines is 1. The van der Waals surface area contributed by atoms with Crippen LogP contribution in [0.4, 0.5) is 5.69 Å². The first-order valence-electron chi connectivity index (χ1n) is 8.86. The van der Waals surface area contributed by atoms with Crippen molar-refractivity contribution < 1.29 is 14.3 Å². The van der Waals surface area contributed by atoms with E-state index in [1.165, 1.54) is 6.08 Å². The standard InChI is InChI=1S/C22H20BrN3O3/c1-4-28-20-12-16(11-19(23)21(20)29-8-7-24)10-17(13-25)22(27)26-18-6-5-14(2)15(3)9-18/h5-6,9-12H,4,8H2,1-3H3,(H,26,27)/b17-10+. The van der Waals surface area contributed by atoms with Crippen molar-refractivity contribution in [1.29, 1.82) is 10.5 Å². The van der Waals surface area contributed by atoms with Gasteiger partial charge in [-0.2, -0.15) is 10.5 Å². The second-order valence-corrected chi connectivity index (χ2v) is 6.99. The number of hydrogen-bond acceptors (Lipinski definition) is 5. The number of rotatable bonds is 7. The van der Waals surface area contributed by atoms with Gasteiger partial charge in [-0.05, 0) is 83.7 Å². The molecule has 0 aliphatic heterocycles. The van der Waals surface area contributed by atoms with E-state index in [9.17, 15) is 10.1 Å². The van der Waals surface area contributed by atoms with Crippen LogP contribution in [0.5, 0.6) is 11.5 Å². The van der Waals surface area contributed by atoms with E-state index in [2.05, 4.69) is 21.2 Å². The average molecular weight is 454 g/mol. The predicted molar refractivity (Wildman–Crippen MR) is 115 cm³/mol. The Morgan fingerprint density at radius 2 is 1.93 bits per heavy atom. The topological polar surface area (TPSA) is 95.1 Å². The van der Waals surface area contributed by atoms with Crippen molar-refractivity contribution in [1.82, 2.24) is 0 Å². The predicted octanol–water partition coefficient (Wildman–Crippen LogP) is 4.91. The quantitative estimate of drug-likeness (QED) is 0.474. The van der Waals surface area contributed by atoms with Gasteiger partial charge in [0.05, 0.1) is 11.1 Å². The van der Waals surface area contributed by atoms with Crippen LogP contribution in [-0.2, 0) is 4.79 Å². The fraction of sp³-hybridized carbons (Fsp3) is 0.227. The molecule has 0 bridgehead atoms. The van der Waals surface area contributed by atoms with Gasteiger partial charge in [-0.1, -0.05) is 6.07 Å². The number of nitrogens with one attached hydrogen (secondary N) is 1. The lowest BCUT2D eigenvalue weighted by molar-refractivity contribution is -0.112. The highest BCUT2D eigenvalue weighted by Crippen LogP contribution is 2.37. The molecule has 148 valence electrons. The van der Waals surface area contributed by atoms with Crippen molar-refractivity contribution in [3.63, 3.8) is 0 Å². The molecule has 0 saturated carbocycles. The molecule has 29 heavy (non-hydrogen) atoms. The van der Waals surface area contributed by atoms with Crippen LogP contribution in [0.25, 0.3) is 6.08 Å². The van der Waals surface area contributed by atoms with Gasteiger partial charge in [0.15, 0.2) is 18.1 Å². The summed E-state index contributed by atoms with van der Waals surface area (Å²) in [5, 5.41) is 20.9. The van der Waals surface area contributed by atoms with E-state index in [0.29, 0.717) is 33.8 Å². The first kappa shape index (κ1) is 22.0.